The Kier molecular flexibility index (Phi) is 6.26. The number of allylic oxidation sites excluding steroid dienone is 1. The van der Waals surface area contributed by atoms with Gasteiger partial charge >= 0.3 is 0 Å². The van der Waals surface area contributed by atoms with Crippen LogP contribution in [-0.2, 0) is 14.8 Å². The van der Waals surface area contributed by atoms with Gasteiger partial charge in [0, 0.05) is 12.6 Å². The summed E-state index contributed by atoms with van der Waals surface area (Å²) in [7, 11) is -3.62. The molecule has 0 aromatic heterocycles. The van der Waals surface area contributed by atoms with Crippen molar-refractivity contribution in [3.05, 3.63) is 29.8 Å². The number of carbonyl (C=O) groups is 1. The predicted molar refractivity (Wildman–Crippen MR) is 104 cm³/mol. The first-order valence-corrected chi connectivity index (χ1v) is 11.1. The highest BCUT2D eigenvalue weighted by Gasteiger charge is 2.23. The van der Waals surface area contributed by atoms with Gasteiger partial charge < -0.3 is 14.8 Å². The lowest BCUT2D eigenvalue weighted by atomic mass is 9.97. The molecule has 1 aliphatic carbocycles. The maximum absolute atomic E-state index is 12.3. The number of anilines is 1. The molecule has 0 fully saturated rings. The number of benzene rings is 1. The number of nitrogens with zero attached hydrogens (tertiary/aromatic N) is 1. The summed E-state index contributed by atoms with van der Waals surface area (Å²) in [6, 6.07) is 4.87. The zero-order chi connectivity index (χ0) is 19.3. The third-order valence-corrected chi connectivity index (χ3v) is 5.80. The lowest BCUT2D eigenvalue weighted by molar-refractivity contribution is -0.119. The van der Waals surface area contributed by atoms with E-state index in [9.17, 15) is 13.2 Å². The lowest BCUT2D eigenvalue weighted by Gasteiger charge is -2.24. The van der Waals surface area contributed by atoms with E-state index in [-0.39, 0.29) is 12.5 Å². The Morgan fingerprint density at radius 3 is 2.67 bits per heavy atom. The molecular weight excluding hydrogens is 368 g/mol. The second-order valence-electron chi connectivity index (χ2n) is 6.81. The molecule has 0 bridgehead atoms. The molecule has 2 aliphatic rings. The minimum atomic E-state index is -3.62. The Labute approximate surface area is 160 Å². The van der Waals surface area contributed by atoms with Crippen molar-refractivity contribution in [1.29, 1.82) is 0 Å². The van der Waals surface area contributed by atoms with Crippen LogP contribution in [0.1, 0.15) is 32.1 Å². The number of rotatable bonds is 7. The van der Waals surface area contributed by atoms with E-state index in [1.54, 1.807) is 18.2 Å². The first kappa shape index (κ1) is 19.5. The van der Waals surface area contributed by atoms with Crippen LogP contribution < -0.4 is 19.1 Å². The molecule has 27 heavy (non-hydrogen) atoms. The van der Waals surface area contributed by atoms with Crippen LogP contribution in [-0.4, -0.2) is 46.9 Å². The van der Waals surface area contributed by atoms with Crippen LogP contribution in [0.15, 0.2) is 29.8 Å². The highest BCUT2D eigenvalue weighted by Crippen LogP contribution is 2.34. The minimum Gasteiger partial charge on any atom is -0.486 e. The van der Waals surface area contributed by atoms with E-state index >= 15 is 0 Å². The molecule has 1 aliphatic heterocycles. The maximum atomic E-state index is 12.3. The van der Waals surface area contributed by atoms with Crippen molar-refractivity contribution < 1.29 is 22.7 Å². The highest BCUT2D eigenvalue weighted by molar-refractivity contribution is 7.92. The molecule has 0 saturated carbocycles. The second-order valence-corrected chi connectivity index (χ2v) is 8.71. The number of carbonyl (C=O) groups excluding carboxylic acids is 1. The molecule has 1 aromatic carbocycles. The predicted octanol–water partition coefficient (Wildman–Crippen LogP) is 2.23. The third-order valence-electron chi connectivity index (χ3n) is 4.65. The molecule has 0 spiro atoms. The lowest BCUT2D eigenvalue weighted by Crippen LogP contribution is -2.40. The molecule has 0 unspecified atom stereocenters. The fourth-order valence-electron chi connectivity index (χ4n) is 3.27. The molecular formula is C19H26N2O5S. The molecule has 1 N–H and O–H groups in total. The van der Waals surface area contributed by atoms with E-state index in [1.165, 1.54) is 18.4 Å². The molecule has 1 amide bonds. The topological polar surface area (TPSA) is 84.9 Å². The van der Waals surface area contributed by atoms with Crippen LogP contribution in [0.5, 0.6) is 11.5 Å². The first-order chi connectivity index (χ1) is 12.9. The maximum Gasteiger partial charge on any atom is 0.240 e. The summed E-state index contributed by atoms with van der Waals surface area (Å²) in [4.78, 5) is 12.3. The van der Waals surface area contributed by atoms with Crippen molar-refractivity contribution in [3.8, 4) is 11.5 Å². The molecule has 148 valence electrons. The summed E-state index contributed by atoms with van der Waals surface area (Å²) in [6.45, 7) is 1.12. The summed E-state index contributed by atoms with van der Waals surface area (Å²) in [5.41, 5.74) is 1.75. The standard InChI is InChI=1S/C19H26N2O5S/c1-27(23,24)21(16-7-8-17-18(13-16)26-12-11-25-17)14-19(22)20-10-9-15-5-3-2-4-6-15/h5,7-8,13H,2-4,6,9-12,14H2,1H3,(H,20,22). The van der Waals surface area contributed by atoms with Gasteiger partial charge in [0.05, 0.1) is 11.9 Å². The summed E-state index contributed by atoms with van der Waals surface area (Å²) >= 11 is 0. The van der Waals surface area contributed by atoms with Gasteiger partial charge in [-0.15, -0.1) is 0 Å². The molecule has 0 radical (unpaired) electrons. The van der Waals surface area contributed by atoms with Gasteiger partial charge in [-0.05, 0) is 44.2 Å². The fourth-order valence-corrected chi connectivity index (χ4v) is 4.12. The molecule has 7 nitrogen and oxygen atoms in total. The molecule has 3 rings (SSSR count). The van der Waals surface area contributed by atoms with Gasteiger partial charge in [-0.25, -0.2) is 8.42 Å². The average molecular weight is 394 g/mol. The summed E-state index contributed by atoms with van der Waals surface area (Å²) < 4.78 is 36.5. The van der Waals surface area contributed by atoms with Crippen molar-refractivity contribution >= 4 is 21.6 Å². The average Bonchev–Trinajstić information content (AvgIpc) is 2.66. The van der Waals surface area contributed by atoms with Crippen molar-refractivity contribution in [2.24, 2.45) is 0 Å². The Balaban J connectivity index is 1.63. The number of nitrogens with one attached hydrogen (secondary N) is 1. The van der Waals surface area contributed by atoms with E-state index in [1.807, 2.05) is 0 Å². The van der Waals surface area contributed by atoms with Gasteiger partial charge in [-0.3, -0.25) is 9.10 Å². The van der Waals surface area contributed by atoms with Crippen LogP contribution in [0.25, 0.3) is 0 Å². The summed E-state index contributed by atoms with van der Waals surface area (Å²) in [5, 5.41) is 2.82. The van der Waals surface area contributed by atoms with Crippen molar-refractivity contribution in [2.45, 2.75) is 32.1 Å². The number of amides is 1. The second kappa shape index (κ2) is 8.65. The minimum absolute atomic E-state index is 0.266. The normalized spacial score (nSPS) is 16.4. The molecule has 1 aromatic rings. The smallest absolute Gasteiger partial charge is 0.240 e. The SMILES string of the molecule is CS(=O)(=O)N(CC(=O)NCCC1=CCCCC1)c1ccc2c(c1)OCCO2. The number of hydrogen-bond donors (Lipinski definition) is 1. The Morgan fingerprint density at radius 1 is 1.19 bits per heavy atom. The molecule has 8 heteroatoms. The summed E-state index contributed by atoms with van der Waals surface area (Å²) in [5.74, 6) is 0.729. The third kappa shape index (κ3) is 5.38. The largest absolute Gasteiger partial charge is 0.486 e. The van der Waals surface area contributed by atoms with E-state index in [4.69, 9.17) is 9.47 Å². The number of hydrogen-bond acceptors (Lipinski definition) is 5. The van der Waals surface area contributed by atoms with E-state index in [0.717, 1.165) is 29.8 Å². The Bertz CT molecular complexity index is 819. The number of ether oxygens (including phenoxy) is 2. The quantitative estimate of drug-likeness (QED) is 0.717. The van der Waals surface area contributed by atoms with Gasteiger partial charge in [0.25, 0.3) is 0 Å². The highest BCUT2D eigenvalue weighted by atomic mass is 32.2. The fraction of sp³-hybridized carbons (Fsp3) is 0.526. The van der Waals surface area contributed by atoms with Gasteiger partial charge in [-0.1, -0.05) is 11.6 Å². The number of sulfonamides is 1. The van der Waals surface area contributed by atoms with Gasteiger partial charge in [0.2, 0.25) is 15.9 Å². The van der Waals surface area contributed by atoms with Crippen molar-refractivity contribution in [2.75, 3.05) is 36.9 Å². The first-order valence-electron chi connectivity index (χ1n) is 9.25. The molecule has 0 saturated heterocycles. The van der Waals surface area contributed by atoms with Crippen LogP contribution >= 0.6 is 0 Å². The van der Waals surface area contributed by atoms with Gasteiger partial charge in [0.15, 0.2) is 11.5 Å². The van der Waals surface area contributed by atoms with Crippen molar-refractivity contribution in [1.82, 2.24) is 5.32 Å². The zero-order valence-corrected chi connectivity index (χ0v) is 16.4. The van der Waals surface area contributed by atoms with Crippen LogP contribution in [0.3, 0.4) is 0 Å². The molecule has 0 atom stereocenters. The van der Waals surface area contributed by atoms with Crippen LogP contribution in [0.4, 0.5) is 5.69 Å². The van der Waals surface area contributed by atoms with Crippen LogP contribution in [0.2, 0.25) is 0 Å². The molecule has 1 heterocycles. The van der Waals surface area contributed by atoms with E-state index in [2.05, 4.69) is 11.4 Å². The van der Waals surface area contributed by atoms with Crippen molar-refractivity contribution in [3.63, 3.8) is 0 Å². The zero-order valence-electron chi connectivity index (χ0n) is 15.6. The summed E-state index contributed by atoms with van der Waals surface area (Å²) in [6.07, 6.45) is 8.77. The van der Waals surface area contributed by atoms with Gasteiger partial charge in [0.1, 0.15) is 19.8 Å². The Morgan fingerprint density at radius 2 is 1.96 bits per heavy atom. The number of fused-ring (bicyclic) bond motifs is 1. The Hall–Kier alpha value is -2.22. The van der Waals surface area contributed by atoms with E-state index in [0.29, 0.717) is 36.9 Å². The van der Waals surface area contributed by atoms with Crippen LogP contribution in [0, 0.1) is 0 Å². The van der Waals surface area contributed by atoms with E-state index < -0.39 is 10.0 Å². The van der Waals surface area contributed by atoms with Gasteiger partial charge in [-0.2, -0.15) is 0 Å². The monoisotopic (exact) mass is 394 g/mol.